The third-order valence-corrected chi connectivity index (χ3v) is 5.39. The molecule has 1 aromatic carbocycles. The van der Waals surface area contributed by atoms with E-state index in [1.165, 1.54) is 42.9 Å². The van der Waals surface area contributed by atoms with E-state index in [1.807, 2.05) is 18.2 Å². The van der Waals surface area contributed by atoms with E-state index >= 15 is 0 Å². The Kier molecular flexibility index (Phi) is 7.43. The van der Waals surface area contributed by atoms with E-state index in [0.29, 0.717) is 12.6 Å². The first-order valence-electron chi connectivity index (χ1n) is 10.3. The molecule has 0 saturated carbocycles. The van der Waals surface area contributed by atoms with Crippen molar-refractivity contribution in [3.8, 4) is 5.75 Å². The Morgan fingerprint density at radius 2 is 1.82 bits per heavy atom. The monoisotopic (exact) mass is 382 g/mol. The molecule has 2 aromatic rings. The number of ether oxygens (including phenoxy) is 1. The average molecular weight is 383 g/mol. The Hall–Kier alpha value is -1.95. The molecule has 0 amide bonds. The second-order valence-corrected chi connectivity index (χ2v) is 8.05. The van der Waals surface area contributed by atoms with Crippen LogP contribution in [-0.4, -0.2) is 60.6 Å². The van der Waals surface area contributed by atoms with Crippen molar-refractivity contribution in [2.75, 3.05) is 39.8 Å². The lowest BCUT2D eigenvalue weighted by Gasteiger charge is -2.34. The topological polar surface area (TPSA) is 40.6 Å². The lowest BCUT2D eigenvalue weighted by atomic mass is 10.1. The van der Waals surface area contributed by atoms with E-state index in [2.05, 4.69) is 60.1 Å². The number of hydrogen-bond donors (Lipinski definition) is 1. The highest BCUT2D eigenvalue weighted by Gasteiger charge is 2.16. The number of nitrogens with zero attached hydrogens (tertiary/aromatic N) is 3. The van der Waals surface area contributed by atoms with Crippen molar-refractivity contribution < 1.29 is 4.74 Å². The van der Waals surface area contributed by atoms with Crippen LogP contribution in [0.25, 0.3) is 0 Å². The van der Waals surface area contributed by atoms with Crippen LogP contribution in [0.15, 0.2) is 36.5 Å². The highest BCUT2D eigenvalue weighted by atomic mass is 16.5. The molecule has 1 fully saturated rings. The lowest BCUT2D eigenvalue weighted by Crippen LogP contribution is -2.48. The van der Waals surface area contributed by atoms with Crippen LogP contribution in [0.4, 0.5) is 0 Å². The van der Waals surface area contributed by atoms with Crippen molar-refractivity contribution in [3.63, 3.8) is 0 Å². The minimum absolute atomic E-state index is 0.476. The third-order valence-electron chi connectivity index (χ3n) is 5.39. The van der Waals surface area contributed by atoms with Crippen LogP contribution in [0.1, 0.15) is 29.3 Å². The van der Waals surface area contributed by atoms with Gasteiger partial charge in [0.25, 0.3) is 0 Å². The van der Waals surface area contributed by atoms with E-state index in [9.17, 15) is 0 Å². The molecule has 1 aliphatic rings. The lowest BCUT2D eigenvalue weighted by molar-refractivity contribution is 0.144. The smallest absolute Gasteiger partial charge is 0.130 e. The van der Waals surface area contributed by atoms with Crippen LogP contribution < -0.4 is 10.1 Å². The summed E-state index contributed by atoms with van der Waals surface area (Å²) in [5.74, 6) is 0.972. The first-order valence-corrected chi connectivity index (χ1v) is 10.3. The van der Waals surface area contributed by atoms with Gasteiger partial charge in [-0.1, -0.05) is 18.2 Å². The molecular formula is C23H34N4O. The second-order valence-electron chi connectivity index (χ2n) is 8.05. The van der Waals surface area contributed by atoms with Crippen molar-refractivity contribution in [3.05, 3.63) is 58.9 Å². The number of nitrogens with one attached hydrogen (secondary N) is 1. The standard InChI is InChI=1S/C23H34N4O/c1-18-13-21(15-25-20(3)16-27-11-9-26(4)10-12-27)14-19(2)23(18)28-17-22-7-5-6-8-24-22/h5-8,13-14,20,25H,9-12,15-17H2,1-4H3. The molecule has 1 atom stereocenters. The minimum Gasteiger partial charge on any atom is -0.487 e. The van der Waals surface area contributed by atoms with Crippen LogP contribution >= 0.6 is 0 Å². The fourth-order valence-electron chi connectivity index (χ4n) is 3.77. The number of hydrogen-bond acceptors (Lipinski definition) is 5. The first kappa shape index (κ1) is 20.8. The Labute approximate surface area is 169 Å². The normalized spacial score (nSPS) is 16.9. The molecular weight excluding hydrogens is 348 g/mol. The summed E-state index contributed by atoms with van der Waals surface area (Å²) in [6.45, 7) is 13.7. The molecule has 0 radical (unpaired) electrons. The summed E-state index contributed by atoms with van der Waals surface area (Å²) in [4.78, 5) is 9.29. The number of pyridine rings is 1. The van der Waals surface area contributed by atoms with E-state index in [4.69, 9.17) is 4.74 Å². The van der Waals surface area contributed by atoms with Gasteiger partial charge >= 0.3 is 0 Å². The molecule has 5 nitrogen and oxygen atoms in total. The molecule has 0 spiro atoms. The maximum atomic E-state index is 6.05. The number of likely N-dealkylation sites (N-methyl/N-ethyl adjacent to an activating group) is 1. The Balaban J connectivity index is 1.50. The molecule has 152 valence electrons. The zero-order valence-electron chi connectivity index (χ0n) is 17.7. The summed E-state index contributed by atoms with van der Waals surface area (Å²) in [5, 5.41) is 3.68. The zero-order chi connectivity index (χ0) is 19.9. The fourth-order valence-corrected chi connectivity index (χ4v) is 3.77. The van der Waals surface area contributed by atoms with Gasteiger partial charge in [-0.3, -0.25) is 9.88 Å². The molecule has 2 heterocycles. The van der Waals surface area contributed by atoms with Crippen molar-refractivity contribution in [1.82, 2.24) is 20.1 Å². The summed E-state index contributed by atoms with van der Waals surface area (Å²) < 4.78 is 6.05. The number of benzene rings is 1. The SMILES string of the molecule is Cc1cc(CNC(C)CN2CCN(C)CC2)cc(C)c1OCc1ccccn1. The van der Waals surface area contributed by atoms with Crippen molar-refractivity contribution in [2.45, 2.75) is 40.0 Å². The Morgan fingerprint density at radius 1 is 1.11 bits per heavy atom. The predicted octanol–water partition coefficient (Wildman–Crippen LogP) is 3.00. The molecule has 1 aromatic heterocycles. The molecule has 1 saturated heterocycles. The molecule has 5 heteroatoms. The number of aromatic nitrogens is 1. The summed E-state index contributed by atoms with van der Waals surface area (Å²) in [5.41, 5.74) is 4.62. The summed E-state index contributed by atoms with van der Waals surface area (Å²) in [7, 11) is 2.20. The van der Waals surface area contributed by atoms with Gasteiger partial charge in [-0.05, 0) is 56.6 Å². The van der Waals surface area contributed by atoms with Gasteiger partial charge in [-0.2, -0.15) is 0 Å². The number of piperazine rings is 1. The van der Waals surface area contributed by atoms with Gasteiger partial charge in [0.2, 0.25) is 0 Å². The van der Waals surface area contributed by atoms with Gasteiger partial charge in [-0.15, -0.1) is 0 Å². The molecule has 0 bridgehead atoms. The van der Waals surface area contributed by atoms with E-state index in [0.717, 1.165) is 24.5 Å². The summed E-state index contributed by atoms with van der Waals surface area (Å²) >= 11 is 0. The minimum atomic E-state index is 0.476. The molecule has 28 heavy (non-hydrogen) atoms. The quantitative estimate of drug-likeness (QED) is 0.760. The average Bonchev–Trinajstić information content (AvgIpc) is 2.68. The van der Waals surface area contributed by atoms with Crippen LogP contribution in [0, 0.1) is 13.8 Å². The highest BCUT2D eigenvalue weighted by molar-refractivity contribution is 5.43. The molecule has 0 aliphatic carbocycles. The van der Waals surface area contributed by atoms with Gasteiger partial charge in [0.1, 0.15) is 12.4 Å². The van der Waals surface area contributed by atoms with Gasteiger partial charge in [-0.25, -0.2) is 0 Å². The van der Waals surface area contributed by atoms with Crippen molar-refractivity contribution >= 4 is 0 Å². The highest BCUT2D eigenvalue weighted by Crippen LogP contribution is 2.25. The van der Waals surface area contributed by atoms with Gasteiger partial charge in [0, 0.05) is 51.5 Å². The van der Waals surface area contributed by atoms with Crippen LogP contribution in [0.2, 0.25) is 0 Å². The van der Waals surface area contributed by atoms with Gasteiger partial charge in [0.15, 0.2) is 0 Å². The summed E-state index contributed by atoms with van der Waals surface area (Å²) in [6.07, 6.45) is 1.80. The molecule has 1 aliphatic heterocycles. The number of aryl methyl sites for hydroxylation is 2. The molecule has 3 rings (SSSR count). The third kappa shape index (κ3) is 6.03. The van der Waals surface area contributed by atoms with Gasteiger partial charge < -0.3 is 15.0 Å². The van der Waals surface area contributed by atoms with Crippen molar-refractivity contribution in [2.24, 2.45) is 0 Å². The molecule has 1 unspecified atom stereocenters. The largest absolute Gasteiger partial charge is 0.487 e. The predicted molar refractivity (Wildman–Crippen MR) is 115 cm³/mol. The van der Waals surface area contributed by atoms with Crippen molar-refractivity contribution in [1.29, 1.82) is 0 Å². The van der Waals surface area contributed by atoms with Crippen LogP contribution in [0.5, 0.6) is 5.75 Å². The molecule has 1 N–H and O–H groups in total. The first-order chi connectivity index (χ1) is 13.5. The van der Waals surface area contributed by atoms with E-state index in [1.54, 1.807) is 6.20 Å². The maximum absolute atomic E-state index is 6.05. The number of rotatable bonds is 8. The Morgan fingerprint density at radius 3 is 2.46 bits per heavy atom. The van der Waals surface area contributed by atoms with Crippen LogP contribution in [0.3, 0.4) is 0 Å². The Bertz CT molecular complexity index is 719. The van der Waals surface area contributed by atoms with Crippen LogP contribution in [-0.2, 0) is 13.2 Å². The van der Waals surface area contributed by atoms with E-state index < -0.39 is 0 Å². The second kappa shape index (κ2) is 10.0. The fraction of sp³-hybridized carbons (Fsp3) is 0.522. The van der Waals surface area contributed by atoms with Gasteiger partial charge in [0.05, 0.1) is 5.69 Å². The maximum Gasteiger partial charge on any atom is 0.130 e. The summed E-state index contributed by atoms with van der Waals surface area (Å²) in [6, 6.07) is 10.8. The van der Waals surface area contributed by atoms with E-state index in [-0.39, 0.29) is 0 Å². The zero-order valence-corrected chi connectivity index (χ0v) is 17.7.